The molecule has 0 unspecified atom stereocenters. The van der Waals surface area contributed by atoms with E-state index in [1.54, 1.807) is 19.2 Å². The highest BCUT2D eigenvalue weighted by atomic mass is 32.2. The molecule has 1 aliphatic heterocycles. The van der Waals surface area contributed by atoms with Crippen LogP contribution in [0.25, 0.3) is 0 Å². The van der Waals surface area contributed by atoms with E-state index in [0.29, 0.717) is 24.3 Å². The van der Waals surface area contributed by atoms with Crippen LogP contribution in [0, 0.1) is 11.7 Å². The Morgan fingerprint density at radius 3 is 2.35 bits per heavy atom. The average molecular weight is 451 g/mol. The first-order valence-electron chi connectivity index (χ1n) is 10.1. The largest absolute Gasteiger partial charge is 0.493 e. The van der Waals surface area contributed by atoms with Crippen LogP contribution in [0.2, 0.25) is 0 Å². The maximum Gasteiger partial charge on any atom is 0.243 e. The van der Waals surface area contributed by atoms with Gasteiger partial charge in [-0.15, -0.1) is 0 Å². The van der Waals surface area contributed by atoms with Crippen molar-refractivity contribution in [2.75, 3.05) is 26.8 Å². The molecule has 1 amide bonds. The van der Waals surface area contributed by atoms with Crippen molar-refractivity contribution in [1.29, 1.82) is 0 Å². The molecule has 2 aromatic rings. The number of nitrogens with zero attached hydrogens (tertiary/aromatic N) is 1. The number of piperidine rings is 1. The van der Waals surface area contributed by atoms with E-state index in [2.05, 4.69) is 5.32 Å². The zero-order valence-corrected chi connectivity index (χ0v) is 18.4. The molecule has 168 valence electrons. The molecule has 0 spiro atoms. The number of rotatable bonds is 8. The highest BCUT2D eigenvalue weighted by Crippen LogP contribution is 2.26. The van der Waals surface area contributed by atoms with E-state index < -0.39 is 15.8 Å². The van der Waals surface area contributed by atoms with Crippen LogP contribution in [-0.2, 0) is 14.8 Å². The fourth-order valence-corrected chi connectivity index (χ4v) is 4.94. The molecule has 1 atom stereocenters. The summed E-state index contributed by atoms with van der Waals surface area (Å²) in [4.78, 5) is 12.7. The van der Waals surface area contributed by atoms with Crippen LogP contribution in [0.5, 0.6) is 11.5 Å². The summed E-state index contributed by atoms with van der Waals surface area (Å²) in [7, 11) is -2.13. The Balaban J connectivity index is 1.49. The van der Waals surface area contributed by atoms with Crippen LogP contribution in [0.3, 0.4) is 0 Å². The van der Waals surface area contributed by atoms with Crippen LogP contribution < -0.4 is 14.8 Å². The second-order valence-electron chi connectivity index (χ2n) is 7.50. The fraction of sp³-hybridized carbons (Fsp3) is 0.409. The van der Waals surface area contributed by atoms with Crippen LogP contribution >= 0.6 is 0 Å². The van der Waals surface area contributed by atoms with Crippen LogP contribution in [0.15, 0.2) is 53.4 Å². The molecular formula is C22H27FN2O5S. The van der Waals surface area contributed by atoms with Crippen molar-refractivity contribution < 1.29 is 27.1 Å². The monoisotopic (exact) mass is 450 g/mol. The number of methoxy groups -OCH3 is 1. The van der Waals surface area contributed by atoms with Crippen LogP contribution in [0.1, 0.15) is 19.8 Å². The van der Waals surface area contributed by atoms with Crippen molar-refractivity contribution in [3.8, 4) is 11.5 Å². The van der Waals surface area contributed by atoms with Crippen molar-refractivity contribution in [1.82, 2.24) is 9.62 Å². The van der Waals surface area contributed by atoms with Gasteiger partial charge in [-0.3, -0.25) is 4.79 Å². The lowest BCUT2D eigenvalue weighted by molar-refractivity contribution is -0.126. The number of carbonyl (C=O) groups is 1. The van der Waals surface area contributed by atoms with E-state index in [1.165, 1.54) is 16.4 Å². The lowest BCUT2D eigenvalue weighted by Gasteiger charge is -2.31. The number of benzene rings is 2. The van der Waals surface area contributed by atoms with Crippen molar-refractivity contribution >= 4 is 15.9 Å². The Kier molecular flexibility index (Phi) is 7.50. The van der Waals surface area contributed by atoms with Gasteiger partial charge in [0, 0.05) is 19.0 Å². The minimum atomic E-state index is -3.69. The van der Waals surface area contributed by atoms with Gasteiger partial charge in [-0.05, 0) is 56.2 Å². The smallest absolute Gasteiger partial charge is 0.243 e. The number of sulfonamides is 1. The molecule has 1 N–H and O–H groups in total. The summed E-state index contributed by atoms with van der Waals surface area (Å²) in [5.41, 5.74) is 0. The summed E-state index contributed by atoms with van der Waals surface area (Å²) in [5.74, 6) is 0.350. The lowest BCUT2D eigenvalue weighted by atomic mass is 9.97. The molecule has 0 radical (unpaired) electrons. The number of carbonyl (C=O) groups excluding carboxylic acids is 1. The van der Waals surface area contributed by atoms with Crippen LogP contribution in [0.4, 0.5) is 4.39 Å². The van der Waals surface area contributed by atoms with Gasteiger partial charge in [0.2, 0.25) is 15.9 Å². The summed E-state index contributed by atoms with van der Waals surface area (Å²) in [6.45, 7) is 2.61. The summed E-state index contributed by atoms with van der Waals surface area (Å²) >= 11 is 0. The van der Waals surface area contributed by atoms with E-state index in [-0.39, 0.29) is 42.5 Å². The highest BCUT2D eigenvalue weighted by molar-refractivity contribution is 7.89. The van der Waals surface area contributed by atoms with Gasteiger partial charge in [0.25, 0.3) is 0 Å². The lowest BCUT2D eigenvalue weighted by Crippen LogP contribution is -2.45. The predicted octanol–water partition coefficient (Wildman–Crippen LogP) is 2.82. The average Bonchev–Trinajstić information content (AvgIpc) is 2.78. The number of hydrogen-bond acceptors (Lipinski definition) is 5. The van der Waals surface area contributed by atoms with E-state index in [4.69, 9.17) is 9.47 Å². The second-order valence-corrected chi connectivity index (χ2v) is 9.44. The second kappa shape index (κ2) is 10.1. The van der Waals surface area contributed by atoms with Gasteiger partial charge in [-0.2, -0.15) is 4.31 Å². The topological polar surface area (TPSA) is 84.9 Å². The third kappa shape index (κ3) is 5.74. The number of para-hydroxylation sites is 2. The summed E-state index contributed by atoms with van der Waals surface area (Å²) < 4.78 is 50.8. The molecule has 3 rings (SSSR count). The number of nitrogens with one attached hydrogen (secondary N) is 1. The normalized spacial score (nSPS) is 16.5. The number of amides is 1. The van der Waals surface area contributed by atoms with Gasteiger partial charge >= 0.3 is 0 Å². The van der Waals surface area contributed by atoms with E-state index in [1.807, 2.05) is 19.1 Å². The first-order chi connectivity index (χ1) is 14.8. The highest BCUT2D eigenvalue weighted by Gasteiger charge is 2.32. The minimum absolute atomic E-state index is 0.0545. The molecule has 1 heterocycles. The van der Waals surface area contributed by atoms with E-state index in [0.717, 1.165) is 12.1 Å². The molecule has 1 saturated heterocycles. The molecule has 7 nitrogen and oxygen atoms in total. The standard InChI is InChI=1S/C22H27FN2O5S/c1-16(15-30-21-6-4-3-5-20(21)29-2)24-22(26)17-11-13-25(14-12-17)31(27,28)19-9-7-18(23)8-10-19/h3-10,16-17H,11-15H2,1-2H3,(H,24,26)/t16-/m0/s1. The third-order valence-electron chi connectivity index (χ3n) is 5.22. The Morgan fingerprint density at radius 2 is 1.74 bits per heavy atom. The van der Waals surface area contributed by atoms with Gasteiger partial charge in [-0.1, -0.05) is 12.1 Å². The Labute approximate surface area is 182 Å². The molecule has 0 aliphatic carbocycles. The van der Waals surface area contributed by atoms with Gasteiger partial charge in [0.05, 0.1) is 18.0 Å². The van der Waals surface area contributed by atoms with Gasteiger partial charge < -0.3 is 14.8 Å². The Hall–Kier alpha value is -2.65. The molecule has 1 aliphatic rings. The van der Waals surface area contributed by atoms with Gasteiger partial charge in [0.15, 0.2) is 11.5 Å². The molecule has 31 heavy (non-hydrogen) atoms. The molecule has 9 heteroatoms. The van der Waals surface area contributed by atoms with Crippen molar-refractivity contribution in [2.45, 2.75) is 30.7 Å². The number of ether oxygens (including phenoxy) is 2. The maximum atomic E-state index is 13.1. The zero-order valence-electron chi connectivity index (χ0n) is 17.6. The predicted molar refractivity (Wildman–Crippen MR) is 114 cm³/mol. The molecule has 2 aromatic carbocycles. The van der Waals surface area contributed by atoms with Gasteiger partial charge in [-0.25, -0.2) is 12.8 Å². The summed E-state index contributed by atoms with van der Waals surface area (Å²) in [6.07, 6.45) is 0.846. The molecule has 1 fully saturated rings. The Morgan fingerprint density at radius 1 is 1.13 bits per heavy atom. The van der Waals surface area contributed by atoms with Crippen molar-refractivity contribution in [3.63, 3.8) is 0 Å². The van der Waals surface area contributed by atoms with E-state index >= 15 is 0 Å². The zero-order chi connectivity index (χ0) is 22.4. The SMILES string of the molecule is COc1ccccc1OC[C@H](C)NC(=O)C1CCN(S(=O)(=O)c2ccc(F)cc2)CC1. The summed E-state index contributed by atoms with van der Waals surface area (Å²) in [6, 6.07) is 11.8. The summed E-state index contributed by atoms with van der Waals surface area (Å²) in [5, 5.41) is 2.93. The first-order valence-corrected chi connectivity index (χ1v) is 11.6. The molecule has 0 bridgehead atoms. The van der Waals surface area contributed by atoms with Crippen molar-refractivity contribution in [3.05, 3.63) is 54.3 Å². The minimum Gasteiger partial charge on any atom is -0.493 e. The first kappa shape index (κ1) is 23.0. The Bertz CT molecular complexity index is 989. The number of hydrogen-bond donors (Lipinski definition) is 1. The number of halogens is 1. The maximum absolute atomic E-state index is 13.1. The third-order valence-corrected chi connectivity index (χ3v) is 7.14. The van der Waals surface area contributed by atoms with Crippen LogP contribution in [-0.4, -0.2) is 51.5 Å². The van der Waals surface area contributed by atoms with E-state index in [9.17, 15) is 17.6 Å². The fourth-order valence-electron chi connectivity index (χ4n) is 3.47. The van der Waals surface area contributed by atoms with Crippen molar-refractivity contribution in [2.24, 2.45) is 5.92 Å². The molecule has 0 saturated carbocycles. The molecule has 0 aromatic heterocycles. The van der Waals surface area contributed by atoms with Gasteiger partial charge in [0.1, 0.15) is 12.4 Å². The molecular weight excluding hydrogens is 423 g/mol. The quantitative estimate of drug-likeness (QED) is 0.669.